The van der Waals surface area contributed by atoms with E-state index < -0.39 is 0 Å². The quantitative estimate of drug-likeness (QED) is 0.591. The third-order valence-corrected chi connectivity index (χ3v) is 4.23. The average Bonchev–Trinajstić information content (AvgIpc) is 2.63. The van der Waals surface area contributed by atoms with Gasteiger partial charge in [0.05, 0.1) is 5.02 Å². The van der Waals surface area contributed by atoms with Crippen LogP contribution in [0.1, 0.15) is 16.7 Å². The van der Waals surface area contributed by atoms with Gasteiger partial charge in [0.1, 0.15) is 24.0 Å². The van der Waals surface area contributed by atoms with Gasteiger partial charge in [-0.1, -0.05) is 41.9 Å². The van der Waals surface area contributed by atoms with Gasteiger partial charge in [-0.15, -0.1) is 0 Å². The molecule has 3 rings (SSSR count). The molecule has 0 bridgehead atoms. The summed E-state index contributed by atoms with van der Waals surface area (Å²) in [4.78, 5) is 0. The molecule has 0 amide bonds. The average molecular weight is 374 g/mol. The van der Waals surface area contributed by atoms with Crippen LogP contribution in [0.3, 0.4) is 0 Å². The van der Waals surface area contributed by atoms with Crippen LogP contribution in [-0.2, 0) is 19.7 Å². The highest BCUT2D eigenvalue weighted by Crippen LogP contribution is 2.20. The second-order valence-corrected chi connectivity index (χ2v) is 6.31. The Kier molecular flexibility index (Phi) is 6.21. The van der Waals surface area contributed by atoms with Gasteiger partial charge in [-0.2, -0.15) is 0 Å². The van der Waals surface area contributed by atoms with Gasteiger partial charge in [0.15, 0.2) is 0 Å². The molecule has 0 saturated carbocycles. The summed E-state index contributed by atoms with van der Waals surface area (Å²) in [6.45, 7) is 1.58. The van der Waals surface area contributed by atoms with E-state index in [2.05, 4.69) is 5.32 Å². The molecule has 0 aliphatic carbocycles. The molecule has 1 N–H and O–H groups in total. The summed E-state index contributed by atoms with van der Waals surface area (Å²) in [5, 5.41) is 3.66. The fourth-order valence-electron chi connectivity index (χ4n) is 2.50. The van der Waals surface area contributed by atoms with Crippen molar-refractivity contribution < 1.29 is 13.5 Å². The Labute approximate surface area is 156 Å². The molecule has 3 aromatic carbocycles. The number of ether oxygens (including phenoxy) is 1. The van der Waals surface area contributed by atoms with Crippen molar-refractivity contribution in [3.8, 4) is 5.75 Å². The van der Waals surface area contributed by atoms with E-state index in [1.54, 1.807) is 18.2 Å². The highest BCUT2D eigenvalue weighted by Gasteiger charge is 2.04. The lowest BCUT2D eigenvalue weighted by Crippen LogP contribution is -2.12. The van der Waals surface area contributed by atoms with Crippen LogP contribution >= 0.6 is 11.6 Å². The molecule has 134 valence electrons. The summed E-state index contributed by atoms with van der Waals surface area (Å²) < 4.78 is 31.7. The number of halogens is 3. The lowest BCUT2D eigenvalue weighted by Gasteiger charge is -2.10. The second-order valence-electron chi connectivity index (χ2n) is 5.90. The Morgan fingerprint density at radius 1 is 0.808 bits per heavy atom. The van der Waals surface area contributed by atoms with E-state index in [1.165, 1.54) is 24.3 Å². The summed E-state index contributed by atoms with van der Waals surface area (Å²) in [6.07, 6.45) is 0. The van der Waals surface area contributed by atoms with Gasteiger partial charge in [-0.05, 0) is 47.5 Å². The lowest BCUT2D eigenvalue weighted by atomic mass is 10.2. The zero-order valence-corrected chi connectivity index (χ0v) is 14.8. The summed E-state index contributed by atoms with van der Waals surface area (Å²) in [5.41, 5.74) is 2.81. The highest BCUT2D eigenvalue weighted by atomic mass is 35.5. The molecule has 2 nitrogen and oxygen atoms in total. The van der Waals surface area contributed by atoms with Crippen LogP contribution in [0.25, 0.3) is 0 Å². The summed E-state index contributed by atoms with van der Waals surface area (Å²) >= 11 is 6.01. The van der Waals surface area contributed by atoms with Gasteiger partial charge in [0, 0.05) is 18.7 Å². The third kappa shape index (κ3) is 5.28. The molecule has 0 unspecified atom stereocenters. The van der Waals surface area contributed by atoms with Crippen molar-refractivity contribution in [2.75, 3.05) is 0 Å². The molecule has 0 radical (unpaired) electrons. The van der Waals surface area contributed by atoms with Crippen molar-refractivity contribution in [1.82, 2.24) is 5.32 Å². The topological polar surface area (TPSA) is 21.3 Å². The first-order chi connectivity index (χ1) is 12.6. The zero-order chi connectivity index (χ0) is 18.4. The second kappa shape index (κ2) is 8.79. The van der Waals surface area contributed by atoms with E-state index in [0.717, 1.165) is 16.7 Å². The third-order valence-electron chi connectivity index (χ3n) is 3.88. The van der Waals surface area contributed by atoms with E-state index >= 15 is 0 Å². The first-order valence-corrected chi connectivity index (χ1v) is 8.59. The highest BCUT2D eigenvalue weighted by molar-refractivity contribution is 6.31. The smallest absolute Gasteiger partial charge is 0.124 e. The number of nitrogens with one attached hydrogen (secondary N) is 1. The number of rotatable bonds is 7. The molecule has 3 aromatic rings. The van der Waals surface area contributed by atoms with Crippen molar-refractivity contribution in [2.45, 2.75) is 19.7 Å². The van der Waals surface area contributed by atoms with Crippen molar-refractivity contribution in [2.24, 2.45) is 0 Å². The van der Waals surface area contributed by atoms with E-state index in [4.69, 9.17) is 16.3 Å². The fraction of sp³-hybridized carbons (Fsp3) is 0.143. The van der Waals surface area contributed by atoms with E-state index in [-0.39, 0.29) is 18.2 Å². The summed E-state index contributed by atoms with van der Waals surface area (Å²) in [5.74, 6) is 0.110. The molecule has 26 heavy (non-hydrogen) atoms. The van der Waals surface area contributed by atoms with Gasteiger partial charge < -0.3 is 10.1 Å². The van der Waals surface area contributed by atoms with Crippen LogP contribution in [-0.4, -0.2) is 0 Å². The Balaban J connectivity index is 1.53. The van der Waals surface area contributed by atoms with E-state index in [1.807, 2.05) is 24.3 Å². The minimum absolute atomic E-state index is 0.236. The van der Waals surface area contributed by atoms with Crippen molar-refractivity contribution in [3.63, 3.8) is 0 Å². The molecule has 0 spiro atoms. The van der Waals surface area contributed by atoms with Crippen LogP contribution < -0.4 is 10.1 Å². The molecular weight excluding hydrogens is 356 g/mol. The maximum absolute atomic E-state index is 13.1. The normalized spacial score (nSPS) is 10.7. The Hall–Kier alpha value is -2.43. The standard InChI is InChI=1S/C21H18ClF2NO/c22-21-11-19(24)9-6-17(21)14-26-20-3-1-2-16(10-20)13-25-12-15-4-7-18(23)8-5-15/h1-11,25H,12-14H2. The maximum Gasteiger partial charge on any atom is 0.124 e. The van der Waals surface area contributed by atoms with Gasteiger partial charge in [0.25, 0.3) is 0 Å². The molecule has 5 heteroatoms. The molecule has 0 aromatic heterocycles. The van der Waals surface area contributed by atoms with Crippen LogP contribution in [0.15, 0.2) is 66.7 Å². The van der Waals surface area contributed by atoms with Crippen molar-refractivity contribution >= 4 is 11.6 Å². The van der Waals surface area contributed by atoms with Crippen molar-refractivity contribution in [3.05, 3.63) is 100 Å². The van der Waals surface area contributed by atoms with E-state index in [9.17, 15) is 8.78 Å². The van der Waals surface area contributed by atoms with Crippen LogP contribution in [0, 0.1) is 11.6 Å². The van der Waals surface area contributed by atoms with E-state index in [0.29, 0.717) is 23.9 Å². The SMILES string of the molecule is Fc1ccc(CNCc2cccc(OCc3ccc(F)cc3Cl)c2)cc1. The molecule has 0 fully saturated rings. The van der Waals surface area contributed by atoms with Crippen LogP contribution in [0.2, 0.25) is 5.02 Å². The Bertz CT molecular complexity index is 868. The van der Waals surface area contributed by atoms with Gasteiger partial charge in [0.2, 0.25) is 0 Å². The minimum atomic E-state index is -0.368. The zero-order valence-electron chi connectivity index (χ0n) is 14.0. The summed E-state index contributed by atoms with van der Waals surface area (Å²) in [7, 11) is 0. The first kappa shape index (κ1) is 18.4. The predicted molar refractivity (Wildman–Crippen MR) is 99.1 cm³/mol. The monoisotopic (exact) mass is 373 g/mol. The first-order valence-electron chi connectivity index (χ1n) is 8.21. The van der Waals surface area contributed by atoms with Crippen LogP contribution in [0.4, 0.5) is 8.78 Å². The Morgan fingerprint density at radius 3 is 2.31 bits per heavy atom. The van der Waals surface area contributed by atoms with Crippen molar-refractivity contribution in [1.29, 1.82) is 0 Å². The number of benzene rings is 3. The molecule has 0 aliphatic rings. The number of hydrogen-bond donors (Lipinski definition) is 1. The van der Waals surface area contributed by atoms with Gasteiger partial charge in [-0.3, -0.25) is 0 Å². The van der Waals surface area contributed by atoms with Crippen LogP contribution in [0.5, 0.6) is 5.75 Å². The molecule has 0 heterocycles. The minimum Gasteiger partial charge on any atom is -0.489 e. The number of hydrogen-bond acceptors (Lipinski definition) is 2. The lowest BCUT2D eigenvalue weighted by molar-refractivity contribution is 0.306. The largest absolute Gasteiger partial charge is 0.489 e. The molecule has 0 saturated heterocycles. The predicted octanol–water partition coefficient (Wildman–Crippen LogP) is 5.49. The summed E-state index contributed by atoms with van der Waals surface area (Å²) in [6, 6.07) is 18.4. The molecular formula is C21H18ClF2NO. The fourth-order valence-corrected chi connectivity index (χ4v) is 2.72. The maximum atomic E-state index is 13.1. The molecule has 0 aliphatic heterocycles. The Morgan fingerprint density at radius 2 is 1.54 bits per heavy atom. The van der Waals surface area contributed by atoms with Gasteiger partial charge >= 0.3 is 0 Å². The molecule has 0 atom stereocenters. The van der Waals surface area contributed by atoms with Gasteiger partial charge in [-0.25, -0.2) is 8.78 Å².